The number of phenols is 1. The van der Waals surface area contributed by atoms with Crippen LogP contribution in [0.3, 0.4) is 0 Å². The first-order valence-corrected chi connectivity index (χ1v) is 8.02. The van der Waals surface area contributed by atoms with Crippen molar-refractivity contribution in [3.8, 4) is 22.6 Å². The van der Waals surface area contributed by atoms with E-state index >= 15 is 0 Å². The van der Waals surface area contributed by atoms with Gasteiger partial charge in [0, 0.05) is 23.5 Å². The molecule has 3 nitrogen and oxygen atoms in total. The molecule has 0 spiro atoms. The number of nitrogens with zero attached hydrogens (tertiary/aromatic N) is 1. The maximum Gasteiger partial charge on any atom is 0.132 e. The number of ether oxygens (including phenoxy) is 1. The molecule has 0 bridgehead atoms. The van der Waals surface area contributed by atoms with Crippen LogP contribution in [-0.4, -0.2) is 10.1 Å². The molecule has 0 radical (unpaired) electrons. The van der Waals surface area contributed by atoms with Crippen LogP contribution in [0.1, 0.15) is 51.2 Å². The SMILES string of the molecule is CCCCCc1cc(O)c2c(c1)OC(C)(C)c1ccncc1-2.Cl. The molecule has 0 fully saturated rings. The van der Waals surface area contributed by atoms with E-state index in [4.69, 9.17) is 4.74 Å². The molecular weight excluding hydrogens is 310 g/mol. The number of aromatic hydroxyl groups is 1. The molecule has 0 amide bonds. The fourth-order valence-electron chi connectivity index (χ4n) is 3.18. The summed E-state index contributed by atoms with van der Waals surface area (Å²) in [6.07, 6.45) is 8.09. The molecule has 3 rings (SSSR count). The monoisotopic (exact) mass is 333 g/mol. The summed E-state index contributed by atoms with van der Waals surface area (Å²) < 4.78 is 6.19. The van der Waals surface area contributed by atoms with E-state index in [1.165, 1.54) is 12.8 Å². The smallest absolute Gasteiger partial charge is 0.132 e. The van der Waals surface area contributed by atoms with Crippen molar-refractivity contribution >= 4 is 12.4 Å². The number of pyridine rings is 1. The fourth-order valence-corrected chi connectivity index (χ4v) is 3.18. The van der Waals surface area contributed by atoms with Gasteiger partial charge in [-0.1, -0.05) is 19.8 Å². The first-order valence-electron chi connectivity index (χ1n) is 8.02. The number of hydrogen-bond acceptors (Lipinski definition) is 3. The van der Waals surface area contributed by atoms with Crippen molar-refractivity contribution in [2.75, 3.05) is 0 Å². The summed E-state index contributed by atoms with van der Waals surface area (Å²) in [5.41, 5.74) is 3.50. The third kappa shape index (κ3) is 3.30. The van der Waals surface area contributed by atoms with Crippen molar-refractivity contribution in [3.05, 3.63) is 41.7 Å². The number of unbranched alkanes of at least 4 members (excludes halogenated alkanes) is 2. The fraction of sp³-hybridized carbons (Fsp3) is 0.421. The van der Waals surface area contributed by atoms with E-state index in [9.17, 15) is 5.11 Å². The Hall–Kier alpha value is -1.74. The molecule has 1 aliphatic heterocycles. The van der Waals surface area contributed by atoms with Gasteiger partial charge in [-0.15, -0.1) is 12.4 Å². The molecule has 2 aromatic rings. The highest BCUT2D eigenvalue weighted by molar-refractivity contribution is 5.85. The van der Waals surface area contributed by atoms with Crippen molar-refractivity contribution in [1.82, 2.24) is 4.98 Å². The quantitative estimate of drug-likeness (QED) is 0.778. The second-order valence-electron chi connectivity index (χ2n) is 6.48. The number of halogens is 1. The van der Waals surface area contributed by atoms with E-state index in [1.807, 2.05) is 18.3 Å². The number of aryl methyl sites for hydroxylation is 1. The van der Waals surface area contributed by atoms with Gasteiger partial charge in [-0.3, -0.25) is 4.98 Å². The van der Waals surface area contributed by atoms with E-state index in [-0.39, 0.29) is 18.2 Å². The van der Waals surface area contributed by atoms with E-state index in [2.05, 4.69) is 31.8 Å². The van der Waals surface area contributed by atoms with Gasteiger partial charge in [0.2, 0.25) is 0 Å². The Morgan fingerprint density at radius 3 is 2.74 bits per heavy atom. The molecular formula is C19H24ClNO2. The predicted octanol–water partition coefficient (Wildman–Crippen LogP) is 5.24. The van der Waals surface area contributed by atoms with E-state index in [0.29, 0.717) is 0 Å². The largest absolute Gasteiger partial charge is 0.507 e. The molecule has 124 valence electrons. The molecule has 1 aromatic carbocycles. The molecule has 0 atom stereocenters. The van der Waals surface area contributed by atoms with Crippen LogP contribution in [-0.2, 0) is 12.0 Å². The number of benzene rings is 1. The highest BCUT2D eigenvalue weighted by Crippen LogP contribution is 2.49. The highest BCUT2D eigenvalue weighted by atomic mass is 35.5. The first kappa shape index (κ1) is 17.6. The second kappa shape index (κ2) is 6.79. The van der Waals surface area contributed by atoms with E-state index < -0.39 is 5.60 Å². The van der Waals surface area contributed by atoms with Crippen molar-refractivity contribution in [3.63, 3.8) is 0 Å². The van der Waals surface area contributed by atoms with Crippen LogP contribution >= 0.6 is 12.4 Å². The number of phenolic OH excluding ortho intramolecular Hbond substituents is 1. The summed E-state index contributed by atoms with van der Waals surface area (Å²) in [6, 6.07) is 5.90. The molecule has 2 heterocycles. The van der Waals surface area contributed by atoms with Crippen LogP contribution < -0.4 is 4.74 Å². The molecule has 1 N–H and O–H groups in total. The molecule has 1 aromatic heterocycles. The zero-order valence-electron chi connectivity index (χ0n) is 13.9. The average Bonchev–Trinajstić information content (AvgIpc) is 2.46. The highest BCUT2D eigenvalue weighted by Gasteiger charge is 2.34. The van der Waals surface area contributed by atoms with Crippen molar-refractivity contribution < 1.29 is 9.84 Å². The average molecular weight is 334 g/mol. The minimum Gasteiger partial charge on any atom is -0.507 e. The van der Waals surface area contributed by atoms with E-state index in [0.717, 1.165) is 40.8 Å². The molecule has 0 saturated heterocycles. The van der Waals surface area contributed by atoms with Crippen LogP contribution in [0.15, 0.2) is 30.6 Å². The van der Waals surface area contributed by atoms with Crippen LogP contribution in [0.4, 0.5) is 0 Å². The molecule has 1 aliphatic rings. The number of rotatable bonds is 4. The predicted molar refractivity (Wildman–Crippen MR) is 95.5 cm³/mol. The Labute approximate surface area is 144 Å². The third-order valence-electron chi connectivity index (χ3n) is 4.31. The Kier molecular flexibility index (Phi) is 5.20. The van der Waals surface area contributed by atoms with Gasteiger partial charge in [-0.2, -0.15) is 0 Å². The summed E-state index contributed by atoms with van der Waals surface area (Å²) in [5, 5.41) is 10.5. The maximum atomic E-state index is 10.5. The summed E-state index contributed by atoms with van der Waals surface area (Å²) in [4.78, 5) is 4.22. The lowest BCUT2D eigenvalue weighted by Gasteiger charge is -2.35. The van der Waals surface area contributed by atoms with Gasteiger partial charge in [0.05, 0.1) is 5.56 Å². The minimum atomic E-state index is -0.417. The van der Waals surface area contributed by atoms with Gasteiger partial charge in [0.1, 0.15) is 17.1 Å². The lowest BCUT2D eigenvalue weighted by Crippen LogP contribution is -2.29. The summed E-state index contributed by atoms with van der Waals surface area (Å²) >= 11 is 0. The van der Waals surface area contributed by atoms with Gasteiger partial charge in [-0.25, -0.2) is 0 Å². The number of aromatic nitrogens is 1. The Morgan fingerprint density at radius 1 is 1.22 bits per heavy atom. The molecule has 0 unspecified atom stereocenters. The van der Waals surface area contributed by atoms with Crippen molar-refractivity contribution in [2.45, 2.75) is 52.1 Å². The Bertz CT molecular complexity index is 698. The van der Waals surface area contributed by atoms with Gasteiger partial charge in [0.15, 0.2) is 0 Å². The lowest BCUT2D eigenvalue weighted by atomic mass is 9.86. The number of hydrogen-bond donors (Lipinski definition) is 1. The molecule has 0 aliphatic carbocycles. The van der Waals surface area contributed by atoms with E-state index in [1.54, 1.807) is 6.20 Å². The lowest BCUT2D eigenvalue weighted by molar-refractivity contribution is 0.105. The van der Waals surface area contributed by atoms with Crippen LogP contribution in [0.25, 0.3) is 11.1 Å². The molecule has 4 heteroatoms. The van der Waals surface area contributed by atoms with Gasteiger partial charge < -0.3 is 9.84 Å². The normalized spacial score (nSPS) is 14.2. The van der Waals surface area contributed by atoms with Crippen LogP contribution in [0.5, 0.6) is 11.5 Å². The first-order chi connectivity index (χ1) is 10.5. The molecule has 23 heavy (non-hydrogen) atoms. The van der Waals surface area contributed by atoms with Crippen molar-refractivity contribution in [2.24, 2.45) is 0 Å². The topological polar surface area (TPSA) is 42.4 Å². The number of fused-ring (bicyclic) bond motifs is 3. The second-order valence-corrected chi connectivity index (χ2v) is 6.48. The summed E-state index contributed by atoms with van der Waals surface area (Å²) in [6.45, 7) is 6.30. The van der Waals surface area contributed by atoms with Crippen LogP contribution in [0.2, 0.25) is 0 Å². The van der Waals surface area contributed by atoms with Crippen LogP contribution in [0, 0.1) is 0 Å². The molecule has 0 saturated carbocycles. The standard InChI is InChI=1S/C19H23NO2.ClH/c1-4-5-6-7-13-10-16(21)18-14-12-20-9-8-15(14)19(2,3)22-17(18)11-13;/h8-12,21H,4-7H2,1-3H3;1H. The Morgan fingerprint density at radius 2 is 2.00 bits per heavy atom. The van der Waals surface area contributed by atoms with Crippen molar-refractivity contribution in [1.29, 1.82) is 0 Å². The zero-order chi connectivity index (χ0) is 15.7. The summed E-state index contributed by atoms with van der Waals surface area (Å²) in [5.74, 6) is 1.05. The zero-order valence-corrected chi connectivity index (χ0v) is 14.7. The minimum absolute atomic E-state index is 0. The van der Waals surface area contributed by atoms with Gasteiger partial charge >= 0.3 is 0 Å². The maximum absolute atomic E-state index is 10.5. The Balaban J connectivity index is 0.00000192. The van der Waals surface area contributed by atoms with Gasteiger partial charge in [-0.05, 0) is 50.5 Å². The summed E-state index contributed by atoms with van der Waals surface area (Å²) in [7, 11) is 0. The van der Waals surface area contributed by atoms with Gasteiger partial charge in [0.25, 0.3) is 0 Å². The third-order valence-corrected chi connectivity index (χ3v) is 4.31.